The number of rotatable bonds is 10. The molecular formula is C26H29F2N3O3S. The normalized spacial score (nSPS) is 17.1. The Kier molecular flexibility index (Phi) is 7.88. The molecule has 4 rings (SSSR count). The zero-order valence-corrected chi connectivity index (χ0v) is 20.5. The molecule has 186 valence electrons. The molecule has 0 fully saturated rings. The molecule has 0 aliphatic carbocycles. The minimum Gasteiger partial charge on any atom is -0.390 e. The predicted molar refractivity (Wildman–Crippen MR) is 137 cm³/mol. The number of hydrogen-bond donors (Lipinski definition) is 4. The summed E-state index contributed by atoms with van der Waals surface area (Å²) in [7, 11) is 1.53. The average Bonchev–Trinajstić information content (AvgIpc) is 2.85. The summed E-state index contributed by atoms with van der Waals surface area (Å²) in [5.74, 6) is 0.340. The second kappa shape index (κ2) is 10.9. The molecule has 0 saturated heterocycles. The minimum atomic E-state index is -1.01. The van der Waals surface area contributed by atoms with E-state index in [4.69, 9.17) is 0 Å². The second-order valence-corrected chi connectivity index (χ2v) is 9.85. The number of nitrogens with one attached hydrogen (secondary N) is 3. The average molecular weight is 502 g/mol. The molecule has 3 aromatic carbocycles. The highest BCUT2D eigenvalue weighted by Gasteiger charge is 2.28. The summed E-state index contributed by atoms with van der Waals surface area (Å²) in [5, 5.41) is 20.2. The van der Waals surface area contributed by atoms with Crippen LogP contribution in [0.1, 0.15) is 35.2 Å². The number of hydrogen-bond acceptors (Lipinski definition) is 7. The molecule has 3 atom stereocenters. The van der Waals surface area contributed by atoms with Gasteiger partial charge >= 0.3 is 0 Å². The molecule has 35 heavy (non-hydrogen) atoms. The fraction of sp³-hybridized carbons (Fsp3) is 0.385. The second-order valence-electron chi connectivity index (χ2n) is 8.82. The monoisotopic (exact) mass is 501 g/mol. The van der Waals surface area contributed by atoms with Crippen molar-refractivity contribution in [3.05, 3.63) is 90.7 Å². The molecule has 0 bridgehead atoms. The van der Waals surface area contributed by atoms with Gasteiger partial charge in [0.2, 0.25) is 0 Å². The van der Waals surface area contributed by atoms with E-state index in [2.05, 4.69) is 41.1 Å². The van der Waals surface area contributed by atoms with Gasteiger partial charge in [-0.05, 0) is 47.2 Å². The molecule has 0 saturated carbocycles. The molecule has 0 radical (unpaired) electrons. The van der Waals surface area contributed by atoms with E-state index in [1.807, 2.05) is 11.8 Å². The van der Waals surface area contributed by atoms with Crippen LogP contribution in [0, 0.1) is 11.6 Å². The lowest BCUT2D eigenvalue weighted by atomic mass is 9.96. The molecule has 4 N–H and O–H groups in total. The Labute approximate surface area is 206 Å². The Morgan fingerprint density at radius 1 is 1.06 bits per heavy atom. The number of aliphatic hydroxyl groups is 1. The van der Waals surface area contributed by atoms with E-state index in [0.29, 0.717) is 5.56 Å². The van der Waals surface area contributed by atoms with Crippen molar-refractivity contribution in [1.82, 2.24) is 5.32 Å². The van der Waals surface area contributed by atoms with Gasteiger partial charge in [0.15, 0.2) is 0 Å². The van der Waals surface area contributed by atoms with Crippen LogP contribution < -0.4 is 26.8 Å². The van der Waals surface area contributed by atoms with Crippen LogP contribution in [0.2, 0.25) is 0 Å². The number of anilines is 2. The molecule has 1 heterocycles. The van der Waals surface area contributed by atoms with Gasteiger partial charge in [-0.3, -0.25) is 9.59 Å². The highest BCUT2D eigenvalue weighted by Crippen LogP contribution is 2.32. The molecule has 0 amide bonds. The summed E-state index contributed by atoms with van der Waals surface area (Å²) in [6.45, 7) is 2.29. The largest absolute Gasteiger partial charge is 0.390 e. The van der Waals surface area contributed by atoms with Gasteiger partial charge in [-0.1, -0.05) is 25.1 Å². The third-order valence-corrected chi connectivity index (χ3v) is 7.53. The number of aliphatic hydroxyl groups excluding tert-OH is 1. The SMILES string of the molecule is CCc1ccc2c(c1)C(NCC(O)C(Cc1cc(F)cc(F)c1)Nc1c(NC)c(=O)c1=O)CSC2. The van der Waals surface area contributed by atoms with Gasteiger partial charge in [0.25, 0.3) is 10.9 Å². The number of aryl methyl sites for hydroxylation is 1. The lowest BCUT2D eigenvalue weighted by Crippen LogP contribution is -2.47. The third kappa shape index (κ3) is 5.58. The summed E-state index contributed by atoms with van der Waals surface area (Å²) in [5.41, 5.74) is 2.94. The fourth-order valence-electron chi connectivity index (χ4n) is 4.49. The topological polar surface area (TPSA) is 90.5 Å². The molecule has 3 aromatic rings. The Bertz CT molecular complexity index is 1260. The number of benzene rings is 2. The van der Waals surface area contributed by atoms with E-state index < -0.39 is 34.6 Å². The summed E-state index contributed by atoms with van der Waals surface area (Å²) >= 11 is 1.81. The maximum Gasteiger partial charge on any atom is 0.253 e. The summed E-state index contributed by atoms with van der Waals surface area (Å²) < 4.78 is 27.6. The highest BCUT2D eigenvalue weighted by molar-refractivity contribution is 7.98. The first-order chi connectivity index (χ1) is 16.8. The number of thioether (sulfide) groups is 1. The lowest BCUT2D eigenvalue weighted by molar-refractivity contribution is 0.146. The van der Waals surface area contributed by atoms with Gasteiger partial charge in [0.05, 0.1) is 12.1 Å². The van der Waals surface area contributed by atoms with Gasteiger partial charge in [0, 0.05) is 37.2 Å². The van der Waals surface area contributed by atoms with Crippen molar-refractivity contribution >= 4 is 23.1 Å². The summed E-state index contributed by atoms with van der Waals surface area (Å²) in [6.07, 6.45) is -0.0305. The molecule has 3 unspecified atom stereocenters. The van der Waals surface area contributed by atoms with E-state index in [1.54, 1.807) is 0 Å². The molecule has 6 nitrogen and oxygen atoms in total. The van der Waals surface area contributed by atoms with Crippen molar-refractivity contribution in [2.75, 3.05) is 30.0 Å². The van der Waals surface area contributed by atoms with E-state index in [9.17, 15) is 23.5 Å². The first kappa shape index (κ1) is 25.3. The zero-order valence-electron chi connectivity index (χ0n) is 19.7. The van der Waals surface area contributed by atoms with Crippen LogP contribution >= 0.6 is 11.8 Å². The minimum absolute atomic E-state index is 0.0381. The zero-order chi connectivity index (χ0) is 25.1. The van der Waals surface area contributed by atoms with E-state index in [1.165, 1.54) is 35.9 Å². The fourth-order valence-corrected chi connectivity index (χ4v) is 5.62. The van der Waals surface area contributed by atoms with Crippen LogP contribution in [0.4, 0.5) is 20.2 Å². The predicted octanol–water partition coefficient (Wildman–Crippen LogP) is 3.13. The van der Waals surface area contributed by atoms with Crippen LogP contribution in [0.15, 0.2) is 46.0 Å². The van der Waals surface area contributed by atoms with Crippen molar-refractivity contribution in [2.24, 2.45) is 0 Å². The Morgan fingerprint density at radius 3 is 2.46 bits per heavy atom. The quantitative estimate of drug-likeness (QED) is 0.318. The van der Waals surface area contributed by atoms with E-state index in [-0.39, 0.29) is 30.4 Å². The molecule has 1 aliphatic heterocycles. The van der Waals surface area contributed by atoms with Crippen molar-refractivity contribution in [3.8, 4) is 0 Å². The van der Waals surface area contributed by atoms with Gasteiger partial charge in [0.1, 0.15) is 23.0 Å². The lowest BCUT2D eigenvalue weighted by Gasteiger charge is -2.31. The van der Waals surface area contributed by atoms with Crippen molar-refractivity contribution in [2.45, 2.75) is 43.7 Å². The Hall–Kier alpha value is -2.75. The van der Waals surface area contributed by atoms with Crippen molar-refractivity contribution in [1.29, 1.82) is 0 Å². The summed E-state index contributed by atoms with van der Waals surface area (Å²) in [4.78, 5) is 23.9. The molecule has 1 aliphatic rings. The highest BCUT2D eigenvalue weighted by atomic mass is 32.2. The van der Waals surface area contributed by atoms with E-state index >= 15 is 0 Å². The van der Waals surface area contributed by atoms with Gasteiger partial charge < -0.3 is 21.1 Å². The van der Waals surface area contributed by atoms with Gasteiger partial charge in [-0.2, -0.15) is 11.8 Å². The maximum absolute atomic E-state index is 13.8. The van der Waals surface area contributed by atoms with Crippen LogP contribution in [-0.4, -0.2) is 36.6 Å². The van der Waals surface area contributed by atoms with Crippen LogP contribution in [0.25, 0.3) is 0 Å². The number of halogens is 2. The van der Waals surface area contributed by atoms with E-state index in [0.717, 1.165) is 24.0 Å². The Balaban J connectivity index is 1.53. The van der Waals surface area contributed by atoms with Crippen LogP contribution in [0.5, 0.6) is 0 Å². The third-order valence-electron chi connectivity index (χ3n) is 6.44. The standard InChI is InChI=1S/C26H29F2N3O3S/c1-3-14-4-5-16-12-35-13-21(19(16)8-14)30-11-22(32)20(9-15-6-17(27)10-18(28)7-15)31-24-23(29-2)25(33)26(24)34/h4-8,10,20-22,29-32H,3,9,11-13H2,1-2H3. The first-order valence-electron chi connectivity index (χ1n) is 11.6. The van der Waals surface area contributed by atoms with Crippen molar-refractivity contribution < 1.29 is 13.9 Å². The molecule has 9 heteroatoms. The van der Waals surface area contributed by atoms with Crippen LogP contribution in [0.3, 0.4) is 0 Å². The Morgan fingerprint density at radius 2 is 1.77 bits per heavy atom. The number of fused-ring (bicyclic) bond motifs is 1. The van der Waals surface area contributed by atoms with Crippen LogP contribution in [-0.2, 0) is 18.6 Å². The summed E-state index contributed by atoms with van der Waals surface area (Å²) in [6, 6.07) is 8.93. The first-order valence-corrected chi connectivity index (χ1v) is 12.8. The van der Waals surface area contributed by atoms with Crippen molar-refractivity contribution in [3.63, 3.8) is 0 Å². The molecule has 0 aromatic heterocycles. The molecule has 0 spiro atoms. The van der Waals surface area contributed by atoms with Gasteiger partial charge in [-0.25, -0.2) is 8.78 Å². The van der Waals surface area contributed by atoms with Gasteiger partial charge in [-0.15, -0.1) is 0 Å². The maximum atomic E-state index is 13.8. The smallest absolute Gasteiger partial charge is 0.253 e. The molecular weight excluding hydrogens is 472 g/mol.